The van der Waals surface area contributed by atoms with Crippen molar-refractivity contribution >= 4 is 41.3 Å². The van der Waals surface area contributed by atoms with Crippen molar-refractivity contribution in [2.75, 3.05) is 52.4 Å². The van der Waals surface area contributed by atoms with Gasteiger partial charge in [0.05, 0.1) is 10.7 Å². The number of aliphatic imine (C=N–C) groups is 1. The number of thiazole rings is 1. The van der Waals surface area contributed by atoms with E-state index in [-0.39, 0.29) is 24.0 Å². The van der Waals surface area contributed by atoms with Crippen LogP contribution in [-0.2, 0) is 13.0 Å². The SMILES string of the molecule is CCNC(=NCC1CCN(Cc2csc(CC)n2)CC1)NCCN1CCCCC1.I. The van der Waals surface area contributed by atoms with E-state index in [2.05, 4.69) is 39.7 Å². The molecular weight excluding hydrogens is 507 g/mol. The van der Waals surface area contributed by atoms with Crippen LogP contribution in [0.2, 0.25) is 0 Å². The van der Waals surface area contributed by atoms with E-state index in [9.17, 15) is 0 Å². The van der Waals surface area contributed by atoms with Gasteiger partial charge >= 0.3 is 0 Å². The molecule has 0 aromatic carbocycles. The summed E-state index contributed by atoms with van der Waals surface area (Å²) >= 11 is 1.80. The van der Waals surface area contributed by atoms with Crippen LogP contribution in [0.5, 0.6) is 0 Å². The fourth-order valence-electron chi connectivity index (χ4n) is 4.22. The van der Waals surface area contributed by atoms with Gasteiger partial charge in [-0.25, -0.2) is 4.98 Å². The summed E-state index contributed by atoms with van der Waals surface area (Å²) in [6, 6.07) is 0. The average molecular weight is 549 g/mol. The third kappa shape index (κ3) is 8.96. The third-order valence-electron chi connectivity index (χ3n) is 6.02. The van der Waals surface area contributed by atoms with Gasteiger partial charge in [0.2, 0.25) is 0 Å². The van der Waals surface area contributed by atoms with Crippen LogP contribution in [0.1, 0.15) is 56.7 Å². The minimum atomic E-state index is 0. The molecule has 30 heavy (non-hydrogen) atoms. The number of aryl methyl sites for hydroxylation is 1. The van der Waals surface area contributed by atoms with Gasteiger partial charge in [0.1, 0.15) is 0 Å². The zero-order valence-electron chi connectivity index (χ0n) is 18.9. The van der Waals surface area contributed by atoms with E-state index < -0.39 is 0 Å². The number of hydrogen-bond donors (Lipinski definition) is 2. The van der Waals surface area contributed by atoms with Gasteiger partial charge in [0.25, 0.3) is 0 Å². The van der Waals surface area contributed by atoms with Crippen molar-refractivity contribution in [2.24, 2.45) is 10.9 Å². The zero-order chi connectivity index (χ0) is 20.3. The maximum atomic E-state index is 4.89. The maximum Gasteiger partial charge on any atom is 0.191 e. The summed E-state index contributed by atoms with van der Waals surface area (Å²) in [5.41, 5.74) is 1.25. The fourth-order valence-corrected chi connectivity index (χ4v) is 4.95. The molecule has 0 atom stereocenters. The van der Waals surface area contributed by atoms with E-state index in [1.54, 1.807) is 11.3 Å². The first-order chi connectivity index (χ1) is 14.3. The molecule has 2 N–H and O–H groups in total. The van der Waals surface area contributed by atoms with Gasteiger partial charge in [-0.1, -0.05) is 13.3 Å². The molecule has 172 valence electrons. The molecule has 0 aliphatic carbocycles. The van der Waals surface area contributed by atoms with E-state index in [4.69, 9.17) is 9.98 Å². The summed E-state index contributed by atoms with van der Waals surface area (Å²) in [4.78, 5) is 14.7. The van der Waals surface area contributed by atoms with Crippen molar-refractivity contribution in [3.8, 4) is 0 Å². The predicted octanol–water partition coefficient (Wildman–Crippen LogP) is 3.58. The van der Waals surface area contributed by atoms with E-state index in [1.807, 2.05) is 0 Å². The van der Waals surface area contributed by atoms with Crippen molar-refractivity contribution in [2.45, 2.75) is 58.9 Å². The third-order valence-corrected chi connectivity index (χ3v) is 7.06. The van der Waals surface area contributed by atoms with Crippen LogP contribution in [0.3, 0.4) is 0 Å². The Morgan fingerprint density at radius 1 is 1.10 bits per heavy atom. The van der Waals surface area contributed by atoms with Gasteiger partial charge in [-0.05, 0) is 71.1 Å². The Bertz CT molecular complexity index is 609. The molecule has 6 nitrogen and oxygen atoms in total. The van der Waals surface area contributed by atoms with Crippen molar-refractivity contribution < 1.29 is 0 Å². The van der Waals surface area contributed by atoms with Gasteiger partial charge in [0, 0.05) is 38.1 Å². The number of rotatable bonds is 9. The molecule has 0 saturated carbocycles. The second-order valence-electron chi connectivity index (χ2n) is 8.35. The van der Waals surface area contributed by atoms with E-state index in [1.165, 1.54) is 55.9 Å². The summed E-state index contributed by atoms with van der Waals surface area (Å²) in [7, 11) is 0. The van der Waals surface area contributed by atoms with E-state index in [0.717, 1.165) is 58.2 Å². The van der Waals surface area contributed by atoms with Gasteiger partial charge < -0.3 is 15.5 Å². The number of nitrogens with zero attached hydrogens (tertiary/aromatic N) is 4. The monoisotopic (exact) mass is 548 g/mol. The summed E-state index contributed by atoms with van der Waals surface area (Å²) < 4.78 is 0. The number of guanidine groups is 1. The molecule has 0 bridgehead atoms. The Hall–Kier alpha value is -0.450. The number of piperidine rings is 2. The van der Waals surface area contributed by atoms with Crippen LogP contribution in [0, 0.1) is 5.92 Å². The lowest BCUT2D eigenvalue weighted by Gasteiger charge is -2.31. The standard InChI is InChI=1S/C22H40N6S.HI/c1-3-21-26-20(18-29-21)17-28-13-8-19(9-14-28)16-25-22(23-4-2)24-10-15-27-11-6-5-7-12-27;/h18-19H,3-17H2,1-2H3,(H2,23,24,25);1H. The maximum absolute atomic E-state index is 4.89. The number of hydrogen-bond acceptors (Lipinski definition) is 5. The molecule has 2 fully saturated rings. The molecule has 3 heterocycles. The minimum absolute atomic E-state index is 0. The fraction of sp³-hybridized carbons (Fsp3) is 0.818. The van der Waals surface area contributed by atoms with Crippen LogP contribution in [0.25, 0.3) is 0 Å². The zero-order valence-corrected chi connectivity index (χ0v) is 22.0. The molecule has 0 radical (unpaired) electrons. The van der Waals surface area contributed by atoms with Crippen molar-refractivity contribution in [1.29, 1.82) is 0 Å². The molecule has 1 aromatic heterocycles. The quantitative estimate of drug-likeness (QED) is 0.281. The summed E-state index contributed by atoms with van der Waals surface area (Å²) in [6.07, 6.45) is 7.63. The van der Waals surface area contributed by atoms with Crippen molar-refractivity contribution in [3.63, 3.8) is 0 Å². The van der Waals surface area contributed by atoms with Crippen LogP contribution < -0.4 is 10.6 Å². The van der Waals surface area contributed by atoms with Gasteiger partial charge in [0.15, 0.2) is 5.96 Å². The number of halogens is 1. The van der Waals surface area contributed by atoms with Crippen LogP contribution in [-0.4, -0.2) is 73.1 Å². The molecule has 1 aromatic rings. The van der Waals surface area contributed by atoms with Gasteiger partial charge in [-0.15, -0.1) is 35.3 Å². The lowest BCUT2D eigenvalue weighted by Crippen LogP contribution is -2.43. The molecule has 8 heteroatoms. The molecule has 3 rings (SSSR count). The molecule has 2 aliphatic heterocycles. The first-order valence-electron chi connectivity index (χ1n) is 11.7. The Morgan fingerprint density at radius 3 is 2.53 bits per heavy atom. The molecule has 0 spiro atoms. The second-order valence-corrected chi connectivity index (χ2v) is 9.30. The van der Waals surface area contributed by atoms with Crippen LogP contribution in [0.15, 0.2) is 10.4 Å². The molecule has 0 unspecified atom stereocenters. The Balaban J connectivity index is 0.00000320. The Kier molecular flexibility index (Phi) is 12.5. The lowest BCUT2D eigenvalue weighted by atomic mass is 9.97. The minimum Gasteiger partial charge on any atom is -0.357 e. The molecular formula is C22H41IN6S. The van der Waals surface area contributed by atoms with Crippen LogP contribution in [0.4, 0.5) is 0 Å². The van der Waals surface area contributed by atoms with Crippen molar-refractivity contribution in [1.82, 2.24) is 25.4 Å². The first kappa shape index (κ1) is 25.8. The van der Waals surface area contributed by atoms with E-state index >= 15 is 0 Å². The highest BCUT2D eigenvalue weighted by Gasteiger charge is 2.20. The predicted molar refractivity (Wildman–Crippen MR) is 139 cm³/mol. The molecule has 2 saturated heterocycles. The smallest absolute Gasteiger partial charge is 0.191 e. The number of aromatic nitrogens is 1. The molecule has 0 amide bonds. The second kappa shape index (κ2) is 14.6. The summed E-state index contributed by atoms with van der Waals surface area (Å²) in [5, 5.41) is 10.4. The van der Waals surface area contributed by atoms with E-state index in [0.29, 0.717) is 5.92 Å². The highest BCUT2D eigenvalue weighted by atomic mass is 127. The normalized spacial score (nSPS) is 19.5. The largest absolute Gasteiger partial charge is 0.357 e. The topological polar surface area (TPSA) is 55.8 Å². The average Bonchev–Trinajstić information content (AvgIpc) is 3.21. The highest BCUT2D eigenvalue weighted by Crippen LogP contribution is 2.20. The summed E-state index contributed by atoms with van der Waals surface area (Å²) in [6.45, 7) is 14.1. The lowest BCUT2D eigenvalue weighted by molar-refractivity contribution is 0.179. The van der Waals surface area contributed by atoms with Gasteiger partial charge in [-0.2, -0.15) is 0 Å². The number of likely N-dealkylation sites (tertiary alicyclic amines) is 2. The van der Waals surface area contributed by atoms with Gasteiger partial charge in [-0.3, -0.25) is 9.89 Å². The van der Waals surface area contributed by atoms with Crippen LogP contribution >= 0.6 is 35.3 Å². The Labute approximate surface area is 204 Å². The summed E-state index contributed by atoms with van der Waals surface area (Å²) in [5.74, 6) is 1.69. The van der Waals surface area contributed by atoms with Crippen molar-refractivity contribution in [3.05, 3.63) is 16.1 Å². The Morgan fingerprint density at radius 2 is 1.87 bits per heavy atom. The number of nitrogens with one attached hydrogen (secondary N) is 2. The first-order valence-corrected chi connectivity index (χ1v) is 12.5. The molecule has 2 aliphatic rings. The highest BCUT2D eigenvalue weighted by molar-refractivity contribution is 14.0.